The van der Waals surface area contributed by atoms with Gasteiger partial charge in [0.05, 0.1) is 0 Å². The van der Waals surface area contributed by atoms with E-state index >= 15 is 0 Å². The topological polar surface area (TPSA) is 49.7 Å². The van der Waals surface area contributed by atoms with Crippen LogP contribution < -0.4 is 0 Å². The number of aliphatic imine (C=N–C) groups is 1. The van der Waals surface area contributed by atoms with Crippen molar-refractivity contribution in [2.75, 3.05) is 0 Å². The largest absolute Gasteiger partial charge is 0.480 e. The van der Waals surface area contributed by atoms with E-state index in [-0.39, 0.29) is 0 Å². The minimum Gasteiger partial charge on any atom is -0.480 e. The van der Waals surface area contributed by atoms with E-state index in [9.17, 15) is 4.79 Å². The van der Waals surface area contributed by atoms with Gasteiger partial charge in [-0.25, -0.2) is 4.79 Å². The molecule has 0 fully saturated rings. The van der Waals surface area contributed by atoms with Crippen molar-refractivity contribution in [3.8, 4) is 0 Å². The summed E-state index contributed by atoms with van der Waals surface area (Å²) in [7, 11) is 0. The van der Waals surface area contributed by atoms with Crippen molar-refractivity contribution in [1.29, 1.82) is 0 Å². The number of carbonyl (C=O) groups is 1. The molecule has 0 rings (SSSR count). The minimum absolute atomic E-state index is 0.667. The molecule has 0 aliphatic carbocycles. The molecule has 7 heavy (non-hydrogen) atoms. The summed E-state index contributed by atoms with van der Waals surface area (Å²) in [5.74, 6) is -0.935. The lowest BCUT2D eigenvalue weighted by Crippen LogP contribution is -2.11. The van der Waals surface area contributed by atoms with Crippen LogP contribution in [0.5, 0.6) is 0 Å². The molecule has 3 nitrogen and oxygen atoms in total. The van der Waals surface area contributed by atoms with Gasteiger partial charge in [0.2, 0.25) is 0 Å². The quantitative estimate of drug-likeness (QED) is 0.504. The van der Waals surface area contributed by atoms with Crippen LogP contribution >= 0.6 is 0 Å². The van der Waals surface area contributed by atoms with Crippen molar-refractivity contribution in [2.45, 2.75) is 13.0 Å². The Morgan fingerprint density at radius 1 is 2.00 bits per heavy atom. The average molecular weight is 101 g/mol. The molecule has 0 radical (unpaired) electrons. The third-order valence-corrected chi connectivity index (χ3v) is 0.631. The second-order valence-corrected chi connectivity index (χ2v) is 1.20. The summed E-state index contributed by atoms with van der Waals surface area (Å²) in [4.78, 5) is 13.0. The van der Waals surface area contributed by atoms with E-state index in [0.717, 1.165) is 0 Å². The molecule has 0 bridgehead atoms. The Bertz CT molecular complexity index is 89.7. The van der Waals surface area contributed by atoms with E-state index in [0.29, 0.717) is 0 Å². The third-order valence-electron chi connectivity index (χ3n) is 0.631. The summed E-state index contributed by atoms with van der Waals surface area (Å²) >= 11 is 0. The first-order valence-corrected chi connectivity index (χ1v) is 1.87. The normalized spacial score (nSPS) is 12.7. The summed E-state index contributed by atoms with van der Waals surface area (Å²) < 4.78 is 0. The van der Waals surface area contributed by atoms with Gasteiger partial charge < -0.3 is 5.11 Å². The molecule has 0 spiro atoms. The summed E-state index contributed by atoms with van der Waals surface area (Å²) in [6, 6.07) is -0.667. The number of hydrogen-bond donors (Lipinski definition) is 1. The van der Waals surface area contributed by atoms with E-state index in [1.165, 1.54) is 6.92 Å². The van der Waals surface area contributed by atoms with Crippen LogP contribution in [0.4, 0.5) is 0 Å². The summed E-state index contributed by atoms with van der Waals surface area (Å²) in [6.07, 6.45) is 0. The molecule has 0 amide bonds. The molecule has 0 aromatic carbocycles. The average Bonchev–Trinajstić information content (AvgIpc) is 1.65. The molecule has 0 aliphatic heterocycles. The van der Waals surface area contributed by atoms with Crippen molar-refractivity contribution in [3.05, 3.63) is 0 Å². The molecule has 40 valence electrons. The lowest BCUT2D eigenvalue weighted by molar-refractivity contribution is -0.137. The second kappa shape index (κ2) is 2.34. The Morgan fingerprint density at radius 3 is 2.43 bits per heavy atom. The van der Waals surface area contributed by atoms with Crippen LogP contribution in [0, 0.1) is 0 Å². The SMILES string of the molecule is C=NC(C)C(=O)O. The number of carboxylic acid groups (broad SMARTS) is 1. The van der Waals surface area contributed by atoms with Crippen LogP contribution in [-0.4, -0.2) is 23.8 Å². The van der Waals surface area contributed by atoms with Crippen LogP contribution in [0.15, 0.2) is 4.99 Å². The molecule has 1 N–H and O–H groups in total. The van der Waals surface area contributed by atoms with E-state index < -0.39 is 12.0 Å². The molecule has 3 heteroatoms. The minimum atomic E-state index is -0.935. The summed E-state index contributed by atoms with van der Waals surface area (Å²) in [6.45, 7) is 4.52. The molecule has 1 atom stereocenters. The van der Waals surface area contributed by atoms with Crippen LogP contribution in [0.3, 0.4) is 0 Å². The highest BCUT2D eigenvalue weighted by molar-refractivity contribution is 5.73. The van der Waals surface area contributed by atoms with Crippen LogP contribution in [0.1, 0.15) is 6.92 Å². The van der Waals surface area contributed by atoms with Crippen LogP contribution in [-0.2, 0) is 4.79 Å². The third kappa shape index (κ3) is 1.92. The van der Waals surface area contributed by atoms with E-state index in [2.05, 4.69) is 11.7 Å². The van der Waals surface area contributed by atoms with Crippen molar-refractivity contribution >= 4 is 12.7 Å². The highest BCUT2D eigenvalue weighted by Crippen LogP contribution is 1.83. The Kier molecular flexibility index (Phi) is 2.05. The fourth-order valence-corrected chi connectivity index (χ4v) is 0.0781. The van der Waals surface area contributed by atoms with Gasteiger partial charge in [0.1, 0.15) is 6.04 Å². The molecular weight excluding hydrogens is 94.0 g/mol. The molecular formula is C4H7NO2. The van der Waals surface area contributed by atoms with Gasteiger partial charge in [-0.2, -0.15) is 0 Å². The van der Waals surface area contributed by atoms with Crippen LogP contribution in [0.2, 0.25) is 0 Å². The maximum atomic E-state index is 9.80. The highest BCUT2D eigenvalue weighted by atomic mass is 16.4. The molecule has 0 heterocycles. The van der Waals surface area contributed by atoms with Crippen molar-refractivity contribution in [1.82, 2.24) is 0 Å². The van der Waals surface area contributed by atoms with Crippen LogP contribution in [0.25, 0.3) is 0 Å². The maximum absolute atomic E-state index is 9.80. The van der Waals surface area contributed by atoms with Gasteiger partial charge in [-0.1, -0.05) is 0 Å². The molecule has 0 aromatic rings. The fourth-order valence-electron chi connectivity index (χ4n) is 0.0781. The molecule has 1 unspecified atom stereocenters. The zero-order valence-electron chi connectivity index (χ0n) is 4.09. The molecule has 0 aliphatic rings. The predicted octanol–water partition coefficient (Wildman–Crippen LogP) is 0.160. The smallest absolute Gasteiger partial charge is 0.328 e. The van der Waals surface area contributed by atoms with Gasteiger partial charge in [-0.15, -0.1) is 0 Å². The van der Waals surface area contributed by atoms with Gasteiger partial charge in [0.15, 0.2) is 0 Å². The zero-order chi connectivity index (χ0) is 5.86. The van der Waals surface area contributed by atoms with Gasteiger partial charge in [0, 0.05) is 0 Å². The van der Waals surface area contributed by atoms with Gasteiger partial charge in [-0.05, 0) is 13.6 Å². The Balaban J connectivity index is 3.55. The summed E-state index contributed by atoms with van der Waals surface area (Å²) in [5.41, 5.74) is 0. The standard InChI is InChI=1S/C4H7NO2/c1-3(5-2)4(6)7/h3H,2H2,1H3,(H,6,7). The van der Waals surface area contributed by atoms with Gasteiger partial charge in [0.25, 0.3) is 0 Å². The molecule has 0 aromatic heterocycles. The van der Waals surface area contributed by atoms with E-state index in [1.807, 2.05) is 0 Å². The summed E-state index contributed by atoms with van der Waals surface area (Å²) in [5, 5.41) is 8.05. The Hall–Kier alpha value is -0.860. The number of aliphatic carboxylic acids is 1. The predicted molar refractivity (Wildman–Crippen MR) is 26.6 cm³/mol. The molecule has 0 saturated carbocycles. The first-order chi connectivity index (χ1) is 3.18. The first kappa shape index (κ1) is 6.14. The zero-order valence-corrected chi connectivity index (χ0v) is 4.09. The maximum Gasteiger partial charge on any atom is 0.328 e. The first-order valence-electron chi connectivity index (χ1n) is 1.87. The van der Waals surface area contributed by atoms with Gasteiger partial charge in [-0.3, -0.25) is 4.99 Å². The van der Waals surface area contributed by atoms with E-state index in [1.54, 1.807) is 0 Å². The fraction of sp³-hybridized carbons (Fsp3) is 0.500. The number of rotatable bonds is 2. The monoisotopic (exact) mass is 101 g/mol. The number of nitrogens with zero attached hydrogens (tertiary/aromatic N) is 1. The number of carboxylic acids is 1. The van der Waals surface area contributed by atoms with Gasteiger partial charge >= 0.3 is 5.97 Å². The van der Waals surface area contributed by atoms with Crippen molar-refractivity contribution < 1.29 is 9.90 Å². The number of hydrogen-bond acceptors (Lipinski definition) is 2. The second-order valence-electron chi connectivity index (χ2n) is 1.20. The lowest BCUT2D eigenvalue weighted by Gasteiger charge is -1.92. The lowest BCUT2D eigenvalue weighted by atomic mass is 10.4. The van der Waals surface area contributed by atoms with Crippen molar-refractivity contribution in [2.24, 2.45) is 4.99 Å². The highest BCUT2D eigenvalue weighted by Gasteiger charge is 2.03. The molecule has 0 saturated heterocycles. The van der Waals surface area contributed by atoms with Crippen molar-refractivity contribution in [3.63, 3.8) is 0 Å². The Morgan fingerprint density at radius 2 is 2.43 bits per heavy atom. The Labute approximate surface area is 41.7 Å². The van der Waals surface area contributed by atoms with E-state index in [4.69, 9.17) is 5.11 Å².